The summed E-state index contributed by atoms with van der Waals surface area (Å²) in [5.41, 5.74) is 0.477. The Labute approximate surface area is 123 Å². The lowest BCUT2D eigenvalue weighted by molar-refractivity contribution is 0.0759. The predicted octanol–water partition coefficient (Wildman–Crippen LogP) is 3.07. The Kier molecular flexibility index (Phi) is 4.06. The van der Waals surface area contributed by atoms with Crippen LogP contribution in [0.25, 0.3) is 0 Å². The Bertz CT molecular complexity index is 370. The second-order valence-electron chi connectivity index (χ2n) is 7.36. The van der Waals surface area contributed by atoms with Gasteiger partial charge in [0.15, 0.2) is 0 Å². The number of rotatable bonds is 3. The Balaban J connectivity index is 1.56. The molecule has 2 aliphatic carbocycles. The summed E-state index contributed by atoms with van der Waals surface area (Å²) in [7, 11) is 0. The van der Waals surface area contributed by atoms with E-state index < -0.39 is 0 Å². The van der Waals surface area contributed by atoms with Gasteiger partial charge in [-0.3, -0.25) is 5.32 Å². The van der Waals surface area contributed by atoms with Crippen molar-refractivity contribution in [1.29, 1.82) is 5.26 Å². The quantitative estimate of drug-likeness (QED) is 0.860. The fourth-order valence-corrected chi connectivity index (χ4v) is 4.96. The van der Waals surface area contributed by atoms with Gasteiger partial charge in [-0.1, -0.05) is 19.8 Å². The summed E-state index contributed by atoms with van der Waals surface area (Å²) in [5.74, 6) is 0. The first kappa shape index (κ1) is 14.4. The standard InChI is InChI=1S/C17H29N3/c1-2-19-17(14-18)8-5-15(13-17)20-11-9-16(10-12-20)6-3-4-7-16/h15,19H,2-13H2,1H3. The molecule has 0 aromatic carbocycles. The number of nitrogens with one attached hydrogen (secondary N) is 1. The summed E-state index contributed by atoms with van der Waals surface area (Å²) in [6.07, 6.45) is 12.0. The molecule has 0 aromatic heterocycles. The van der Waals surface area contributed by atoms with Gasteiger partial charge in [0.25, 0.3) is 0 Å². The summed E-state index contributed by atoms with van der Waals surface area (Å²) in [4.78, 5) is 2.69. The molecule has 3 rings (SSSR count). The molecule has 1 heterocycles. The van der Waals surface area contributed by atoms with Gasteiger partial charge in [0.2, 0.25) is 0 Å². The maximum Gasteiger partial charge on any atom is 0.108 e. The lowest BCUT2D eigenvalue weighted by Crippen LogP contribution is -2.47. The van der Waals surface area contributed by atoms with Crippen LogP contribution in [0.2, 0.25) is 0 Å². The van der Waals surface area contributed by atoms with Crippen LogP contribution in [0.5, 0.6) is 0 Å². The zero-order valence-corrected chi connectivity index (χ0v) is 13.0. The van der Waals surface area contributed by atoms with E-state index in [2.05, 4.69) is 23.2 Å². The van der Waals surface area contributed by atoms with Crippen LogP contribution < -0.4 is 5.32 Å². The second-order valence-corrected chi connectivity index (χ2v) is 7.36. The van der Waals surface area contributed by atoms with Crippen molar-refractivity contribution in [3.8, 4) is 6.07 Å². The molecule has 0 aromatic rings. The Morgan fingerprint density at radius 2 is 1.85 bits per heavy atom. The minimum Gasteiger partial charge on any atom is -0.300 e. The monoisotopic (exact) mass is 275 g/mol. The fraction of sp³-hybridized carbons (Fsp3) is 0.941. The molecule has 0 amide bonds. The zero-order chi connectivity index (χ0) is 14.1. The van der Waals surface area contributed by atoms with Crippen molar-refractivity contribution in [2.45, 2.75) is 76.3 Å². The molecule has 1 aliphatic heterocycles. The summed E-state index contributed by atoms with van der Waals surface area (Å²) < 4.78 is 0. The van der Waals surface area contributed by atoms with Crippen molar-refractivity contribution in [2.75, 3.05) is 19.6 Å². The smallest absolute Gasteiger partial charge is 0.108 e. The average molecular weight is 275 g/mol. The molecule has 3 aliphatic rings. The molecule has 3 nitrogen and oxygen atoms in total. The van der Waals surface area contributed by atoms with E-state index in [9.17, 15) is 5.26 Å². The van der Waals surface area contributed by atoms with E-state index in [-0.39, 0.29) is 5.54 Å². The molecule has 1 N–H and O–H groups in total. The van der Waals surface area contributed by atoms with E-state index in [0.717, 1.165) is 19.4 Å². The maximum absolute atomic E-state index is 9.50. The van der Waals surface area contributed by atoms with Crippen molar-refractivity contribution in [3.05, 3.63) is 0 Å². The minimum atomic E-state index is -0.234. The molecule has 2 unspecified atom stereocenters. The number of hydrogen-bond donors (Lipinski definition) is 1. The topological polar surface area (TPSA) is 39.1 Å². The largest absolute Gasteiger partial charge is 0.300 e. The Morgan fingerprint density at radius 1 is 1.15 bits per heavy atom. The Morgan fingerprint density at radius 3 is 2.45 bits per heavy atom. The molecular weight excluding hydrogens is 246 g/mol. The highest BCUT2D eigenvalue weighted by atomic mass is 15.2. The molecule has 3 fully saturated rings. The summed E-state index contributed by atoms with van der Waals surface area (Å²) in [6, 6.07) is 3.20. The molecular formula is C17H29N3. The van der Waals surface area contributed by atoms with Crippen molar-refractivity contribution in [1.82, 2.24) is 10.2 Å². The van der Waals surface area contributed by atoms with Crippen LogP contribution in [-0.2, 0) is 0 Å². The SMILES string of the molecule is CCNC1(C#N)CCC(N2CCC3(CCCC3)CC2)C1. The van der Waals surface area contributed by atoms with E-state index >= 15 is 0 Å². The molecule has 0 bridgehead atoms. The first-order valence-electron chi connectivity index (χ1n) is 8.61. The number of likely N-dealkylation sites (tertiary alicyclic amines) is 1. The summed E-state index contributed by atoms with van der Waals surface area (Å²) >= 11 is 0. The molecule has 2 atom stereocenters. The molecule has 2 saturated carbocycles. The van der Waals surface area contributed by atoms with Gasteiger partial charge >= 0.3 is 0 Å². The predicted molar refractivity (Wildman–Crippen MR) is 81.4 cm³/mol. The first-order chi connectivity index (χ1) is 9.71. The summed E-state index contributed by atoms with van der Waals surface area (Å²) in [6.45, 7) is 5.57. The van der Waals surface area contributed by atoms with E-state index in [1.807, 2.05) is 0 Å². The van der Waals surface area contributed by atoms with E-state index in [4.69, 9.17) is 0 Å². The van der Waals surface area contributed by atoms with E-state index in [1.165, 1.54) is 58.0 Å². The van der Waals surface area contributed by atoms with Gasteiger partial charge in [0.05, 0.1) is 6.07 Å². The highest BCUT2D eigenvalue weighted by Crippen LogP contribution is 2.47. The number of hydrogen-bond acceptors (Lipinski definition) is 3. The van der Waals surface area contributed by atoms with Crippen LogP contribution >= 0.6 is 0 Å². The zero-order valence-electron chi connectivity index (χ0n) is 13.0. The van der Waals surface area contributed by atoms with Gasteiger partial charge in [-0.25, -0.2) is 0 Å². The van der Waals surface area contributed by atoms with Crippen molar-refractivity contribution in [2.24, 2.45) is 5.41 Å². The van der Waals surface area contributed by atoms with Crippen LogP contribution in [0, 0.1) is 16.7 Å². The Hall–Kier alpha value is -0.590. The molecule has 3 heteroatoms. The van der Waals surface area contributed by atoms with E-state index in [0.29, 0.717) is 11.5 Å². The van der Waals surface area contributed by atoms with Crippen LogP contribution in [0.3, 0.4) is 0 Å². The highest BCUT2D eigenvalue weighted by Gasteiger charge is 2.44. The van der Waals surface area contributed by atoms with Crippen molar-refractivity contribution >= 4 is 0 Å². The van der Waals surface area contributed by atoms with Crippen LogP contribution in [-0.4, -0.2) is 36.1 Å². The number of piperidine rings is 1. The third-order valence-electron chi connectivity index (χ3n) is 6.26. The number of nitrogens with zero attached hydrogens (tertiary/aromatic N) is 2. The van der Waals surface area contributed by atoms with Gasteiger partial charge in [-0.15, -0.1) is 0 Å². The highest BCUT2D eigenvalue weighted by molar-refractivity contribution is 5.13. The second kappa shape index (κ2) is 5.66. The van der Waals surface area contributed by atoms with Gasteiger partial charge in [0.1, 0.15) is 5.54 Å². The van der Waals surface area contributed by atoms with Crippen LogP contribution in [0.4, 0.5) is 0 Å². The minimum absolute atomic E-state index is 0.234. The van der Waals surface area contributed by atoms with Crippen molar-refractivity contribution < 1.29 is 0 Å². The van der Waals surface area contributed by atoms with Gasteiger partial charge in [-0.2, -0.15) is 5.26 Å². The normalized spacial score (nSPS) is 37.3. The van der Waals surface area contributed by atoms with E-state index in [1.54, 1.807) is 0 Å². The third-order valence-corrected chi connectivity index (χ3v) is 6.26. The number of nitriles is 1. The molecule has 0 radical (unpaired) electrons. The van der Waals surface area contributed by atoms with Gasteiger partial charge < -0.3 is 4.90 Å². The molecule has 112 valence electrons. The molecule has 1 saturated heterocycles. The fourth-order valence-electron chi connectivity index (χ4n) is 4.96. The average Bonchev–Trinajstić information content (AvgIpc) is 3.09. The molecule has 20 heavy (non-hydrogen) atoms. The maximum atomic E-state index is 9.50. The van der Waals surface area contributed by atoms with Crippen molar-refractivity contribution in [3.63, 3.8) is 0 Å². The first-order valence-corrected chi connectivity index (χ1v) is 8.61. The lowest BCUT2D eigenvalue weighted by Gasteiger charge is -2.42. The van der Waals surface area contributed by atoms with Crippen LogP contribution in [0.15, 0.2) is 0 Å². The third kappa shape index (κ3) is 2.61. The lowest BCUT2D eigenvalue weighted by atomic mass is 9.76. The van der Waals surface area contributed by atoms with Gasteiger partial charge in [0, 0.05) is 6.04 Å². The van der Waals surface area contributed by atoms with Gasteiger partial charge in [-0.05, 0) is 70.0 Å². The van der Waals surface area contributed by atoms with Crippen LogP contribution in [0.1, 0.15) is 64.7 Å². The molecule has 1 spiro atoms. The summed E-state index contributed by atoms with van der Waals surface area (Å²) in [5, 5.41) is 12.9.